The van der Waals surface area contributed by atoms with E-state index in [0.717, 1.165) is 0 Å². The number of rotatable bonds is 4. The number of hydrogen-bond donors (Lipinski definition) is 4. The molecule has 0 fully saturated rings. The number of hydrogen-bond acceptors (Lipinski definition) is 6. The Morgan fingerprint density at radius 2 is 2.29 bits per heavy atom. The Balaban J connectivity index is 2.03. The largest absolute Gasteiger partial charge is 0.480 e. The first-order valence-corrected chi connectivity index (χ1v) is 6.84. The van der Waals surface area contributed by atoms with E-state index in [1.165, 1.54) is 6.34 Å². The maximum absolute atomic E-state index is 11.8. The number of carboxylic acid groups (broad SMARTS) is 1. The Morgan fingerprint density at radius 1 is 1.57 bits per heavy atom. The van der Waals surface area contributed by atoms with E-state index < -0.39 is 29.6 Å². The zero-order valence-electron chi connectivity index (χ0n) is 11.0. The molecule has 0 radical (unpaired) electrons. The fourth-order valence-corrected chi connectivity index (χ4v) is 2.23. The summed E-state index contributed by atoms with van der Waals surface area (Å²) in [4.78, 5) is 29.2. The summed E-state index contributed by atoms with van der Waals surface area (Å²) in [6, 6.07) is 0.256. The molecule has 0 aliphatic carbocycles. The molecule has 2 rings (SSSR count). The molecule has 0 saturated heterocycles. The van der Waals surface area contributed by atoms with Gasteiger partial charge in [0.05, 0.1) is 11.9 Å². The summed E-state index contributed by atoms with van der Waals surface area (Å²) in [5, 5.41) is 21.8. The molecule has 8 nitrogen and oxygen atoms in total. The van der Waals surface area contributed by atoms with Crippen LogP contribution in [0, 0.1) is 0 Å². The van der Waals surface area contributed by atoms with Crippen molar-refractivity contribution in [1.29, 1.82) is 0 Å². The van der Waals surface area contributed by atoms with Gasteiger partial charge in [-0.05, 0) is 28.9 Å². The lowest BCUT2D eigenvalue weighted by Gasteiger charge is -2.38. The summed E-state index contributed by atoms with van der Waals surface area (Å²) < 4.78 is 5.82. The molecule has 114 valence electrons. The summed E-state index contributed by atoms with van der Waals surface area (Å²) in [6.45, 7) is 1.34. The number of nitrogens with zero attached hydrogens (tertiary/aromatic N) is 1. The van der Waals surface area contributed by atoms with Crippen LogP contribution in [0.2, 0.25) is 0 Å². The fourth-order valence-electron chi connectivity index (χ4n) is 1.89. The van der Waals surface area contributed by atoms with Gasteiger partial charge in [-0.15, -0.1) is 0 Å². The minimum absolute atomic E-state index is 0.209. The number of halogens is 1. The molecule has 0 unspecified atom stereocenters. The van der Waals surface area contributed by atoms with Gasteiger partial charge in [0.25, 0.3) is 0 Å². The molecule has 1 aliphatic rings. The molecule has 0 amide bonds. The van der Waals surface area contributed by atoms with Crippen molar-refractivity contribution in [3.8, 4) is 0 Å². The predicted molar refractivity (Wildman–Crippen MR) is 76.2 cm³/mol. The van der Waals surface area contributed by atoms with E-state index in [1.807, 2.05) is 0 Å². The van der Waals surface area contributed by atoms with E-state index >= 15 is 0 Å². The Hall–Kier alpha value is -1.87. The van der Waals surface area contributed by atoms with Crippen LogP contribution >= 0.6 is 15.9 Å². The highest BCUT2D eigenvalue weighted by Crippen LogP contribution is 2.20. The van der Waals surface area contributed by atoms with Crippen molar-refractivity contribution in [3.05, 3.63) is 22.4 Å². The van der Waals surface area contributed by atoms with Crippen LogP contribution in [0.5, 0.6) is 0 Å². The van der Waals surface area contributed by atoms with Crippen LogP contribution < -0.4 is 5.32 Å². The minimum atomic E-state index is -1.33. The average Bonchev–Trinajstić information content (AvgIpc) is 2.86. The van der Waals surface area contributed by atoms with E-state index in [0.29, 0.717) is 4.47 Å². The van der Waals surface area contributed by atoms with E-state index in [9.17, 15) is 14.7 Å². The summed E-state index contributed by atoms with van der Waals surface area (Å²) in [6.07, 6.45) is 1.45. The third kappa shape index (κ3) is 3.24. The minimum Gasteiger partial charge on any atom is -0.480 e. The standard InChI is InChI=1S/C12H14BrN3O5/c1-12(9(17)8(10(18)19)15-5-16-12)4-21-11(20)7-2-6(13)3-14-7/h2-3,5,8-9,14,17H,4H2,1H3,(H,15,16)(H,18,19)/t8-,9-,12-/m1/s1. The smallest absolute Gasteiger partial charge is 0.354 e. The quantitative estimate of drug-likeness (QED) is 0.566. The molecule has 0 bridgehead atoms. The Bertz CT molecular complexity index is 587. The summed E-state index contributed by atoms with van der Waals surface area (Å²) >= 11 is 3.20. The maximum Gasteiger partial charge on any atom is 0.354 e. The Morgan fingerprint density at radius 3 is 2.86 bits per heavy atom. The average molecular weight is 360 g/mol. The molecule has 4 N–H and O–H groups in total. The van der Waals surface area contributed by atoms with Gasteiger partial charge in [0, 0.05) is 10.7 Å². The molecule has 3 atom stereocenters. The number of carbonyl (C=O) groups excluding carboxylic acids is 1. The van der Waals surface area contributed by atoms with Crippen LogP contribution in [0.25, 0.3) is 0 Å². The second-order valence-electron chi connectivity index (χ2n) is 4.88. The first-order valence-electron chi connectivity index (χ1n) is 6.05. The van der Waals surface area contributed by atoms with Gasteiger partial charge in [-0.3, -0.25) is 4.99 Å². The van der Waals surface area contributed by atoms with E-state index in [4.69, 9.17) is 9.84 Å². The Labute approximate surface area is 128 Å². The first kappa shape index (κ1) is 15.5. The van der Waals surface area contributed by atoms with Crippen LogP contribution in [0.4, 0.5) is 0 Å². The molecule has 2 heterocycles. The van der Waals surface area contributed by atoms with Gasteiger partial charge < -0.3 is 25.3 Å². The van der Waals surface area contributed by atoms with Crippen molar-refractivity contribution in [2.45, 2.75) is 24.6 Å². The fraction of sp³-hybridized carbons (Fsp3) is 0.417. The van der Waals surface area contributed by atoms with Crippen molar-refractivity contribution in [3.63, 3.8) is 0 Å². The number of aliphatic hydroxyl groups is 1. The molecule has 0 saturated carbocycles. The van der Waals surface area contributed by atoms with Crippen molar-refractivity contribution in [2.75, 3.05) is 6.61 Å². The van der Waals surface area contributed by atoms with Gasteiger partial charge in [0.15, 0.2) is 6.04 Å². The number of nitrogens with one attached hydrogen (secondary N) is 2. The number of carbonyl (C=O) groups is 2. The lowest BCUT2D eigenvalue weighted by atomic mass is 9.89. The van der Waals surface area contributed by atoms with Crippen molar-refractivity contribution in [1.82, 2.24) is 10.3 Å². The lowest BCUT2D eigenvalue weighted by Crippen LogP contribution is -2.63. The van der Waals surface area contributed by atoms with Gasteiger partial charge in [-0.2, -0.15) is 0 Å². The van der Waals surface area contributed by atoms with Crippen LogP contribution in [0.15, 0.2) is 21.7 Å². The monoisotopic (exact) mass is 359 g/mol. The third-order valence-corrected chi connectivity index (χ3v) is 3.66. The number of aromatic amines is 1. The topological polar surface area (TPSA) is 124 Å². The van der Waals surface area contributed by atoms with Gasteiger partial charge in [-0.25, -0.2) is 9.59 Å². The maximum atomic E-state index is 11.8. The number of ether oxygens (including phenoxy) is 1. The lowest BCUT2D eigenvalue weighted by molar-refractivity contribution is -0.143. The number of H-pyrrole nitrogens is 1. The highest BCUT2D eigenvalue weighted by atomic mass is 79.9. The Kier molecular flexibility index (Phi) is 4.33. The van der Waals surface area contributed by atoms with Crippen LogP contribution in [-0.4, -0.2) is 57.8 Å². The highest BCUT2D eigenvalue weighted by molar-refractivity contribution is 9.10. The molecular weight excluding hydrogens is 346 g/mol. The molecule has 1 aromatic rings. The van der Waals surface area contributed by atoms with Crippen molar-refractivity contribution in [2.24, 2.45) is 4.99 Å². The van der Waals surface area contributed by atoms with Gasteiger partial charge in [-0.1, -0.05) is 0 Å². The number of carboxylic acids is 1. The van der Waals surface area contributed by atoms with Crippen LogP contribution in [0.1, 0.15) is 17.4 Å². The van der Waals surface area contributed by atoms with Gasteiger partial charge in [0.1, 0.15) is 18.4 Å². The summed E-state index contributed by atoms with van der Waals surface area (Å²) in [5.41, 5.74) is -0.885. The number of esters is 1. The zero-order valence-corrected chi connectivity index (χ0v) is 12.6. The predicted octanol–water partition coefficient (Wildman–Crippen LogP) is 0.138. The SMILES string of the molecule is C[C@]1(COC(=O)c2cc(Br)c[nH]2)NC=N[C@@H](C(=O)O)[C@H]1O. The van der Waals surface area contributed by atoms with Crippen LogP contribution in [0.3, 0.4) is 0 Å². The molecule has 1 aliphatic heterocycles. The number of aliphatic hydroxyl groups excluding tert-OH is 1. The zero-order chi connectivity index (χ0) is 15.6. The van der Waals surface area contributed by atoms with Crippen molar-refractivity contribution < 1.29 is 24.5 Å². The molecule has 0 spiro atoms. The number of aromatic nitrogens is 1. The normalized spacial score (nSPS) is 28.0. The second kappa shape index (κ2) is 5.86. The summed E-state index contributed by atoms with van der Waals surface area (Å²) in [5.74, 6) is -1.85. The first-order chi connectivity index (χ1) is 9.83. The van der Waals surface area contributed by atoms with Gasteiger partial charge >= 0.3 is 11.9 Å². The van der Waals surface area contributed by atoms with E-state index in [2.05, 4.69) is 31.2 Å². The third-order valence-electron chi connectivity index (χ3n) is 3.21. The molecule has 1 aromatic heterocycles. The summed E-state index contributed by atoms with van der Waals surface area (Å²) in [7, 11) is 0. The molecule has 9 heteroatoms. The molecule has 0 aromatic carbocycles. The van der Waals surface area contributed by atoms with Crippen LogP contribution in [-0.2, 0) is 9.53 Å². The molecular formula is C12H14BrN3O5. The van der Waals surface area contributed by atoms with E-state index in [1.54, 1.807) is 19.2 Å². The second-order valence-corrected chi connectivity index (χ2v) is 5.79. The van der Waals surface area contributed by atoms with Gasteiger partial charge in [0.2, 0.25) is 0 Å². The highest BCUT2D eigenvalue weighted by Gasteiger charge is 2.44. The van der Waals surface area contributed by atoms with Crippen molar-refractivity contribution >= 4 is 34.2 Å². The number of aliphatic carboxylic acids is 1. The molecule has 21 heavy (non-hydrogen) atoms. The van der Waals surface area contributed by atoms with E-state index in [-0.39, 0.29) is 12.3 Å². The number of aliphatic imine (C=N–C) groups is 1.